The van der Waals surface area contributed by atoms with Crippen molar-refractivity contribution in [1.29, 1.82) is 5.26 Å². The predicted octanol–water partition coefficient (Wildman–Crippen LogP) is 3.16. The van der Waals surface area contributed by atoms with E-state index in [9.17, 15) is 14.9 Å². The number of nitro benzene ring substituents is 1. The molecule has 0 saturated heterocycles. The zero-order chi connectivity index (χ0) is 16.2. The molecular weight excluding hydrogens is 270 g/mol. The largest absolute Gasteiger partial charge is 0.383 e. The molecule has 0 spiro atoms. The molecule has 0 aliphatic heterocycles. The molecular formula is C15H17N3O3. The molecule has 0 fully saturated rings. The van der Waals surface area contributed by atoms with Crippen molar-refractivity contribution in [3.63, 3.8) is 0 Å². The SMILES string of the molecule is CNc1ccc(/C=C(/C#N)C(=O)C(C)(C)C)cc1[N+](=O)[O-]. The first-order valence-corrected chi connectivity index (χ1v) is 6.33. The third-order valence-corrected chi connectivity index (χ3v) is 2.85. The van der Waals surface area contributed by atoms with E-state index in [1.54, 1.807) is 40.0 Å². The summed E-state index contributed by atoms with van der Waals surface area (Å²) in [6.45, 7) is 5.15. The lowest BCUT2D eigenvalue weighted by molar-refractivity contribution is -0.384. The Morgan fingerprint density at radius 2 is 2.05 bits per heavy atom. The zero-order valence-corrected chi connectivity index (χ0v) is 12.4. The Kier molecular flexibility index (Phi) is 4.82. The number of Topliss-reactive ketones (excluding diaryl/α,β-unsaturated/α-hetero) is 1. The summed E-state index contributed by atoms with van der Waals surface area (Å²) in [4.78, 5) is 22.6. The zero-order valence-electron chi connectivity index (χ0n) is 12.4. The summed E-state index contributed by atoms with van der Waals surface area (Å²) in [6.07, 6.45) is 1.38. The summed E-state index contributed by atoms with van der Waals surface area (Å²) in [7, 11) is 1.59. The van der Waals surface area contributed by atoms with E-state index in [2.05, 4.69) is 5.32 Å². The molecule has 1 aromatic carbocycles. The van der Waals surface area contributed by atoms with Crippen molar-refractivity contribution in [2.45, 2.75) is 20.8 Å². The molecule has 0 atom stereocenters. The second-order valence-electron chi connectivity index (χ2n) is 5.53. The van der Waals surface area contributed by atoms with Crippen LogP contribution in [0.25, 0.3) is 6.08 Å². The van der Waals surface area contributed by atoms with Crippen molar-refractivity contribution < 1.29 is 9.72 Å². The van der Waals surface area contributed by atoms with Gasteiger partial charge in [0.25, 0.3) is 5.69 Å². The number of ketones is 1. The number of carbonyl (C=O) groups excluding carboxylic acids is 1. The van der Waals surface area contributed by atoms with Gasteiger partial charge in [0.15, 0.2) is 5.78 Å². The van der Waals surface area contributed by atoms with E-state index in [-0.39, 0.29) is 17.0 Å². The van der Waals surface area contributed by atoms with Crippen LogP contribution in [-0.2, 0) is 4.79 Å². The van der Waals surface area contributed by atoms with Gasteiger partial charge in [0.05, 0.1) is 10.5 Å². The number of nitro groups is 1. The van der Waals surface area contributed by atoms with Gasteiger partial charge in [0.1, 0.15) is 11.8 Å². The van der Waals surface area contributed by atoms with Crippen molar-refractivity contribution in [2.24, 2.45) is 5.41 Å². The molecule has 0 aromatic heterocycles. The van der Waals surface area contributed by atoms with Gasteiger partial charge in [-0.15, -0.1) is 0 Å². The standard InChI is InChI=1S/C15H17N3O3/c1-15(2,3)14(19)11(9-16)7-10-5-6-12(17-4)13(8-10)18(20)21/h5-8,17H,1-4H3/b11-7-. The van der Waals surface area contributed by atoms with Crippen LogP contribution in [0.15, 0.2) is 23.8 Å². The fraction of sp³-hybridized carbons (Fsp3) is 0.333. The van der Waals surface area contributed by atoms with Crippen LogP contribution in [0.1, 0.15) is 26.3 Å². The van der Waals surface area contributed by atoms with Crippen LogP contribution in [-0.4, -0.2) is 17.8 Å². The molecule has 1 N–H and O–H groups in total. The van der Waals surface area contributed by atoms with Gasteiger partial charge < -0.3 is 5.32 Å². The third-order valence-electron chi connectivity index (χ3n) is 2.85. The van der Waals surface area contributed by atoms with Crippen molar-refractivity contribution in [3.8, 4) is 6.07 Å². The first kappa shape index (κ1) is 16.4. The van der Waals surface area contributed by atoms with Crippen LogP contribution >= 0.6 is 0 Å². The van der Waals surface area contributed by atoms with Crippen molar-refractivity contribution >= 4 is 23.2 Å². The number of hydrogen-bond donors (Lipinski definition) is 1. The molecule has 0 aliphatic rings. The third kappa shape index (κ3) is 3.89. The van der Waals surface area contributed by atoms with E-state index in [0.29, 0.717) is 11.3 Å². The average molecular weight is 287 g/mol. The molecule has 6 heteroatoms. The number of nitriles is 1. The maximum atomic E-state index is 12.1. The lowest BCUT2D eigenvalue weighted by atomic mass is 9.86. The lowest BCUT2D eigenvalue weighted by Crippen LogP contribution is -2.21. The number of allylic oxidation sites excluding steroid dienone is 1. The topological polar surface area (TPSA) is 96.0 Å². The van der Waals surface area contributed by atoms with E-state index in [0.717, 1.165) is 0 Å². The Hall–Kier alpha value is -2.68. The number of nitrogens with one attached hydrogen (secondary N) is 1. The molecule has 0 saturated carbocycles. The number of carbonyl (C=O) groups is 1. The first-order chi connectivity index (χ1) is 9.70. The van der Waals surface area contributed by atoms with E-state index >= 15 is 0 Å². The van der Waals surface area contributed by atoms with Gasteiger partial charge in [0, 0.05) is 18.5 Å². The van der Waals surface area contributed by atoms with Crippen LogP contribution < -0.4 is 5.32 Å². The number of benzene rings is 1. The Bertz CT molecular complexity index is 649. The molecule has 0 aliphatic carbocycles. The monoisotopic (exact) mass is 287 g/mol. The molecule has 0 radical (unpaired) electrons. The molecule has 0 unspecified atom stereocenters. The second kappa shape index (κ2) is 6.18. The quantitative estimate of drug-likeness (QED) is 0.397. The van der Waals surface area contributed by atoms with E-state index < -0.39 is 10.3 Å². The van der Waals surface area contributed by atoms with Crippen LogP contribution in [0, 0.1) is 26.9 Å². The second-order valence-corrected chi connectivity index (χ2v) is 5.53. The van der Waals surface area contributed by atoms with Gasteiger partial charge in [-0.25, -0.2) is 0 Å². The Morgan fingerprint density at radius 1 is 1.43 bits per heavy atom. The minimum atomic E-state index is -0.682. The average Bonchev–Trinajstić information content (AvgIpc) is 2.42. The highest BCUT2D eigenvalue weighted by molar-refractivity contribution is 6.06. The Morgan fingerprint density at radius 3 is 2.48 bits per heavy atom. The maximum absolute atomic E-state index is 12.1. The van der Waals surface area contributed by atoms with Crippen molar-refractivity contribution in [2.75, 3.05) is 12.4 Å². The molecule has 21 heavy (non-hydrogen) atoms. The number of rotatable bonds is 4. The predicted molar refractivity (Wildman–Crippen MR) is 80.7 cm³/mol. The molecule has 1 aromatic rings. The molecule has 0 bridgehead atoms. The number of anilines is 1. The van der Waals surface area contributed by atoms with Crippen LogP contribution in [0.4, 0.5) is 11.4 Å². The lowest BCUT2D eigenvalue weighted by Gasteiger charge is -2.15. The smallest absolute Gasteiger partial charge is 0.292 e. The minimum absolute atomic E-state index is 0.0194. The van der Waals surface area contributed by atoms with Crippen LogP contribution in [0.5, 0.6) is 0 Å². The van der Waals surface area contributed by atoms with Gasteiger partial charge in [0.2, 0.25) is 0 Å². The fourth-order valence-corrected chi connectivity index (χ4v) is 1.72. The molecule has 6 nitrogen and oxygen atoms in total. The fourth-order valence-electron chi connectivity index (χ4n) is 1.72. The highest BCUT2D eigenvalue weighted by atomic mass is 16.6. The van der Waals surface area contributed by atoms with Crippen molar-refractivity contribution in [3.05, 3.63) is 39.4 Å². The summed E-state index contributed by atoms with van der Waals surface area (Å²) in [5, 5.41) is 22.8. The molecule has 0 amide bonds. The summed E-state index contributed by atoms with van der Waals surface area (Å²) in [5.74, 6) is -0.301. The summed E-state index contributed by atoms with van der Waals surface area (Å²) < 4.78 is 0. The highest BCUT2D eigenvalue weighted by Gasteiger charge is 2.25. The van der Waals surface area contributed by atoms with Crippen LogP contribution in [0.2, 0.25) is 0 Å². The summed E-state index contributed by atoms with van der Waals surface area (Å²) in [6, 6.07) is 6.35. The highest BCUT2D eigenvalue weighted by Crippen LogP contribution is 2.27. The van der Waals surface area contributed by atoms with Crippen LogP contribution in [0.3, 0.4) is 0 Å². The summed E-state index contributed by atoms with van der Waals surface area (Å²) >= 11 is 0. The number of hydrogen-bond acceptors (Lipinski definition) is 5. The number of nitrogens with zero attached hydrogens (tertiary/aromatic N) is 2. The minimum Gasteiger partial charge on any atom is -0.383 e. The van der Waals surface area contributed by atoms with Crippen molar-refractivity contribution in [1.82, 2.24) is 0 Å². The van der Waals surface area contributed by atoms with Gasteiger partial charge in [-0.3, -0.25) is 14.9 Å². The summed E-state index contributed by atoms with van der Waals surface area (Å²) in [5.41, 5.74) is 0.00621. The Labute approximate surface area is 123 Å². The Balaban J connectivity index is 3.31. The molecule has 110 valence electrons. The van der Waals surface area contributed by atoms with E-state index in [1.165, 1.54) is 12.1 Å². The first-order valence-electron chi connectivity index (χ1n) is 6.33. The van der Waals surface area contributed by atoms with E-state index in [1.807, 2.05) is 6.07 Å². The van der Waals surface area contributed by atoms with Gasteiger partial charge in [-0.2, -0.15) is 5.26 Å². The van der Waals surface area contributed by atoms with Gasteiger partial charge >= 0.3 is 0 Å². The van der Waals surface area contributed by atoms with Gasteiger partial charge in [-0.1, -0.05) is 26.8 Å². The van der Waals surface area contributed by atoms with Gasteiger partial charge in [-0.05, 0) is 17.7 Å². The normalized spacial score (nSPS) is 11.7. The maximum Gasteiger partial charge on any atom is 0.292 e. The molecule has 0 heterocycles. The molecule has 1 rings (SSSR count). The van der Waals surface area contributed by atoms with E-state index in [4.69, 9.17) is 5.26 Å².